The second-order valence-electron chi connectivity index (χ2n) is 5.22. The van der Waals surface area contributed by atoms with Crippen LogP contribution in [0.1, 0.15) is 25.7 Å². The first-order valence-electron chi connectivity index (χ1n) is 6.74. The summed E-state index contributed by atoms with van der Waals surface area (Å²) >= 11 is 0. The number of anilines is 2. The monoisotopic (exact) mass is 312 g/mol. The summed E-state index contributed by atoms with van der Waals surface area (Å²) < 4.78 is 0. The van der Waals surface area contributed by atoms with Crippen LogP contribution < -0.4 is 22.1 Å². The van der Waals surface area contributed by atoms with Crippen molar-refractivity contribution >= 4 is 35.7 Å². The van der Waals surface area contributed by atoms with Crippen molar-refractivity contribution in [3.8, 4) is 0 Å². The molecular formula is C14H21ClN4O2. The maximum Gasteiger partial charge on any atom is 0.316 e. The van der Waals surface area contributed by atoms with Gasteiger partial charge < -0.3 is 22.1 Å². The zero-order valence-electron chi connectivity index (χ0n) is 11.7. The topological polar surface area (TPSA) is 110 Å². The van der Waals surface area contributed by atoms with E-state index in [0.29, 0.717) is 17.9 Å². The minimum Gasteiger partial charge on any atom is -0.351 e. The molecule has 21 heavy (non-hydrogen) atoms. The van der Waals surface area contributed by atoms with E-state index in [2.05, 4.69) is 10.6 Å². The summed E-state index contributed by atoms with van der Waals surface area (Å²) in [4.78, 5) is 23.2. The number of rotatable bonds is 4. The predicted molar refractivity (Wildman–Crippen MR) is 85.5 cm³/mol. The Morgan fingerprint density at radius 1 is 1.14 bits per heavy atom. The van der Waals surface area contributed by atoms with Gasteiger partial charge in [0.1, 0.15) is 0 Å². The molecule has 0 bridgehead atoms. The number of nitrogens with one attached hydrogen (secondary N) is 2. The lowest BCUT2D eigenvalue weighted by atomic mass is 9.85. The molecule has 0 spiro atoms. The molecule has 1 aliphatic rings. The Labute approximate surface area is 130 Å². The van der Waals surface area contributed by atoms with Crippen molar-refractivity contribution < 1.29 is 9.59 Å². The second kappa shape index (κ2) is 7.28. The molecule has 6 nitrogen and oxygen atoms in total. The van der Waals surface area contributed by atoms with Gasteiger partial charge in [0.2, 0.25) is 5.91 Å². The van der Waals surface area contributed by atoms with E-state index < -0.39 is 11.4 Å². The Morgan fingerprint density at radius 2 is 1.71 bits per heavy atom. The van der Waals surface area contributed by atoms with Gasteiger partial charge in [-0.15, -0.1) is 12.4 Å². The van der Waals surface area contributed by atoms with Crippen molar-refractivity contribution in [3.05, 3.63) is 24.3 Å². The molecule has 0 aromatic heterocycles. The number of amides is 3. The maximum atomic E-state index is 12.4. The summed E-state index contributed by atoms with van der Waals surface area (Å²) in [7, 11) is 0. The average Bonchev–Trinajstić information content (AvgIpc) is 2.88. The highest BCUT2D eigenvalue weighted by molar-refractivity contribution is 5.96. The number of carbonyl (C=O) groups excluding carboxylic acids is 2. The lowest BCUT2D eigenvalue weighted by Crippen LogP contribution is -2.40. The van der Waals surface area contributed by atoms with E-state index in [9.17, 15) is 9.59 Å². The van der Waals surface area contributed by atoms with Gasteiger partial charge in [-0.2, -0.15) is 0 Å². The zero-order chi connectivity index (χ0) is 14.6. The third-order valence-electron chi connectivity index (χ3n) is 3.82. The number of primary amides is 1. The molecular weight excluding hydrogens is 292 g/mol. The highest BCUT2D eigenvalue weighted by atomic mass is 35.5. The molecule has 7 heteroatoms. The van der Waals surface area contributed by atoms with E-state index in [-0.39, 0.29) is 18.3 Å². The summed E-state index contributed by atoms with van der Waals surface area (Å²) in [6.07, 6.45) is 3.73. The minimum atomic E-state index is -0.636. The summed E-state index contributed by atoms with van der Waals surface area (Å²) in [5, 5.41) is 5.35. The van der Waals surface area contributed by atoms with E-state index in [1.54, 1.807) is 24.3 Å². The number of carbonyl (C=O) groups is 2. The molecule has 1 aromatic carbocycles. The van der Waals surface area contributed by atoms with Gasteiger partial charge in [-0.25, -0.2) is 4.79 Å². The van der Waals surface area contributed by atoms with Crippen LogP contribution in [0.4, 0.5) is 16.2 Å². The molecule has 2 rings (SSSR count). The fourth-order valence-corrected chi connectivity index (χ4v) is 2.66. The number of nitrogens with two attached hydrogens (primary N) is 2. The van der Waals surface area contributed by atoms with Gasteiger partial charge >= 0.3 is 6.03 Å². The molecule has 0 aliphatic heterocycles. The standard InChI is InChI=1S/C14H20N4O2.ClH/c15-9-14(6-1-2-7-14)12(19)17-10-4-3-5-11(8-10)18-13(16)20;/h3-5,8H,1-2,6-7,9,15H2,(H,17,19)(H3,16,18,20);1H. The number of hydrogen-bond acceptors (Lipinski definition) is 3. The molecule has 0 atom stereocenters. The highest BCUT2D eigenvalue weighted by Gasteiger charge is 2.39. The summed E-state index contributed by atoms with van der Waals surface area (Å²) in [6.45, 7) is 0.359. The molecule has 3 amide bonds. The Bertz CT molecular complexity index is 515. The van der Waals surface area contributed by atoms with Crippen molar-refractivity contribution in [1.82, 2.24) is 0 Å². The first-order valence-corrected chi connectivity index (χ1v) is 6.74. The zero-order valence-corrected chi connectivity index (χ0v) is 12.5. The van der Waals surface area contributed by atoms with Crippen LogP contribution in [0.3, 0.4) is 0 Å². The van der Waals surface area contributed by atoms with Crippen LogP contribution in [0.5, 0.6) is 0 Å². The molecule has 0 radical (unpaired) electrons. The van der Waals surface area contributed by atoms with E-state index in [0.717, 1.165) is 25.7 Å². The molecule has 1 fully saturated rings. The SMILES string of the molecule is Cl.NCC1(C(=O)Nc2cccc(NC(N)=O)c2)CCCC1. The fraction of sp³-hybridized carbons (Fsp3) is 0.429. The van der Waals surface area contributed by atoms with E-state index in [4.69, 9.17) is 11.5 Å². The molecule has 0 heterocycles. The number of hydrogen-bond donors (Lipinski definition) is 4. The smallest absolute Gasteiger partial charge is 0.316 e. The minimum absolute atomic E-state index is 0. The molecule has 1 saturated carbocycles. The van der Waals surface area contributed by atoms with Crippen molar-refractivity contribution in [2.45, 2.75) is 25.7 Å². The molecule has 0 unspecified atom stereocenters. The number of benzene rings is 1. The predicted octanol–water partition coefficient (Wildman–Crippen LogP) is 2.06. The van der Waals surface area contributed by atoms with Gasteiger partial charge in [0.05, 0.1) is 5.41 Å². The molecule has 6 N–H and O–H groups in total. The Morgan fingerprint density at radius 3 is 2.24 bits per heavy atom. The largest absolute Gasteiger partial charge is 0.351 e. The van der Waals surface area contributed by atoms with Crippen molar-refractivity contribution in [3.63, 3.8) is 0 Å². The van der Waals surface area contributed by atoms with E-state index in [1.165, 1.54) is 0 Å². The highest BCUT2D eigenvalue weighted by Crippen LogP contribution is 2.38. The molecule has 0 saturated heterocycles. The van der Waals surface area contributed by atoms with Gasteiger partial charge in [0.15, 0.2) is 0 Å². The summed E-state index contributed by atoms with van der Waals surface area (Å²) in [6, 6.07) is 6.24. The van der Waals surface area contributed by atoms with Gasteiger partial charge in [-0.3, -0.25) is 4.79 Å². The summed E-state index contributed by atoms with van der Waals surface area (Å²) in [5.41, 5.74) is 11.6. The Kier molecular flexibility index (Phi) is 5.99. The average molecular weight is 313 g/mol. The number of halogens is 1. The maximum absolute atomic E-state index is 12.4. The van der Waals surface area contributed by atoms with Crippen molar-refractivity contribution in [2.75, 3.05) is 17.2 Å². The van der Waals surface area contributed by atoms with E-state index in [1.807, 2.05) is 0 Å². The first kappa shape index (κ1) is 17.3. The quantitative estimate of drug-likeness (QED) is 0.683. The van der Waals surface area contributed by atoms with E-state index >= 15 is 0 Å². The first-order chi connectivity index (χ1) is 9.55. The Balaban J connectivity index is 0.00000220. The van der Waals surface area contributed by atoms with Crippen LogP contribution in [0.25, 0.3) is 0 Å². The van der Waals surface area contributed by atoms with Crippen LogP contribution in [-0.4, -0.2) is 18.5 Å². The van der Waals surface area contributed by atoms with Gasteiger partial charge in [-0.1, -0.05) is 18.9 Å². The van der Waals surface area contributed by atoms with Crippen molar-refractivity contribution in [1.29, 1.82) is 0 Å². The second-order valence-corrected chi connectivity index (χ2v) is 5.22. The lowest BCUT2D eigenvalue weighted by Gasteiger charge is -2.25. The fourth-order valence-electron chi connectivity index (χ4n) is 2.66. The van der Waals surface area contributed by atoms with Crippen LogP contribution >= 0.6 is 12.4 Å². The van der Waals surface area contributed by atoms with Crippen LogP contribution in [-0.2, 0) is 4.79 Å². The molecule has 1 aromatic rings. The number of urea groups is 1. The van der Waals surface area contributed by atoms with Crippen molar-refractivity contribution in [2.24, 2.45) is 16.9 Å². The normalized spacial score (nSPS) is 15.9. The summed E-state index contributed by atoms with van der Waals surface area (Å²) in [5.74, 6) is -0.0475. The van der Waals surface area contributed by atoms with Gasteiger partial charge in [-0.05, 0) is 31.0 Å². The lowest BCUT2D eigenvalue weighted by molar-refractivity contribution is -0.124. The van der Waals surface area contributed by atoms with Gasteiger partial charge in [0.25, 0.3) is 0 Å². The third kappa shape index (κ3) is 4.09. The van der Waals surface area contributed by atoms with Crippen LogP contribution in [0, 0.1) is 5.41 Å². The third-order valence-corrected chi connectivity index (χ3v) is 3.82. The Hall–Kier alpha value is -1.79. The van der Waals surface area contributed by atoms with Crippen LogP contribution in [0.2, 0.25) is 0 Å². The molecule has 116 valence electrons. The van der Waals surface area contributed by atoms with Crippen LogP contribution in [0.15, 0.2) is 24.3 Å². The van der Waals surface area contributed by atoms with Gasteiger partial charge in [0, 0.05) is 17.9 Å². The molecule has 1 aliphatic carbocycles.